The van der Waals surface area contributed by atoms with Crippen molar-refractivity contribution in [2.75, 3.05) is 0 Å². The van der Waals surface area contributed by atoms with Gasteiger partial charge in [-0.15, -0.1) is 0 Å². The van der Waals surface area contributed by atoms with Crippen LogP contribution < -0.4 is 11.2 Å². The number of H-pyrrole nitrogens is 1. The number of allylic oxidation sites excluding steroid dienone is 1. The summed E-state index contributed by atoms with van der Waals surface area (Å²) in [6, 6.07) is -1.28. The number of nitrogens with one attached hydrogen (secondary N) is 1. The maximum Gasteiger partial charge on any atom is 0.329 e. The number of fused-ring (bicyclic) bond motifs is 5. The second-order valence-corrected chi connectivity index (χ2v) is 11.8. The number of halogens is 1. The van der Waals surface area contributed by atoms with Crippen molar-refractivity contribution in [1.82, 2.24) is 9.55 Å². The maximum absolute atomic E-state index is 14.1. The highest BCUT2D eigenvalue weighted by Gasteiger charge is 2.66. The smallest absolute Gasteiger partial charge is 0.329 e. The van der Waals surface area contributed by atoms with Gasteiger partial charge in [-0.25, -0.2) is 9.59 Å². The molecule has 0 bridgehead atoms. The Morgan fingerprint density at radius 2 is 1.79 bits per heavy atom. The van der Waals surface area contributed by atoms with Crippen LogP contribution in [0, 0.1) is 39.8 Å². The molecule has 1 aromatic rings. The molecule has 1 aromatic heterocycles. The Hall–Kier alpha value is -2.51. The van der Waals surface area contributed by atoms with Crippen LogP contribution >= 0.6 is 0 Å². The van der Waals surface area contributed by atoms with Gasteiger partial charge in [0.1, 0.15) is 6.04 Å². The number of aromatic nitrogens is 2. The number of carboxylic acid groups (broad SMARTS) is 1. The van der Waals surface area contributed by atoms with Crippen molar-refractivity contribution in [3.63, 3.8) is 0 Å². The zero-order chi connectivity index (χ0) is 24.6. The van der Waals surface area contributed by atoms with Gasteiger partial charge in [-0.1, -0.05) is 26.3 Å². The molecule has 0 saturated heterocycles. The standard InChI is InChI=1S/C26H33FN2O5/c1-24-9-6-15(30)12-14(24)4-5-16-17(24)7-10-25(2)18(16)8-11-26(25,3)20(22(32)33)29-13-19(27)21(31)28-23(29)34/h12-13,16-18,20H,4-11H2,1-3H3,(H,32,33)(H,28,31,34)/t16-,17+,18+,20-,24+,25+,26-/m1/s1. The fourth-order valence-electron chi connectivity index (χ4n) is 8.66. The van der Waals surface area contributed by atoms with Crippen LogP contribution in [0.25, 0.3) is 0 Å². The van der Waals surface area contributed by atoms with Crippen LogP contribution in [-0.4, -0.2) is 26.4 Å². The van der Waals surface area contributed by atoms with E-state index in [0.717, 1.165) is 49.3 Å². The number of carbonyl (C=O) groups excluding carboxylic acids is 1. The van der Waals surface area contributed by atoms with Crippen molar-refractivity contribution >= 4 is 11.8 Å². The minimum Gasteiger partial charge on any atom is -0.480 e. The highest BCUT2D eigenvalue weighted by atomic mass is 19.1. The van der Waals surface area contributed by atoms with E-state index in [2.05, 4.69) is 13.8 Å². The van der Waals surface area contributed by atoms with Crippen LogP contribution in [0.5, 0.6) is 0 Å². The lowest BCUT2D eigenvalue weighted by Crippen LogP contribution is -2.55. The normalized spacial score (nSPS) is 40.1. The summed E-state index contributed by atoms with van der Waals surface area (Å²) in [6.45, 7) is 6.39. The molecule has 0 aliphatic heterocycles. The van der Waals surface area contributed by atoms with Crippen LogP contribution in [0.15, 0.2) is 27.4 Å². The summed E-state index contributed by atoms with van der Waals surface area (Å²) >= 11 is 0. The van der Waals surface area contributed by atoms with Crippen molar-refractivity contribution in [2.24, 2.45) is 34.0 Å². The number of hydrogen-bond acceptors (Lipinski definition) is 4. The van der Waals surface area contributed by atoms with Gasteiger partial charge in [-0.05, 0) is 79.6 Å². The molecule has 7 atom stereocenters. The monoisotopic (exact) mass is 472 g/mol. The lowest BCUT2D eigenvalue weighted by Gasteiger charge is -2.60. The van der Waals surface area contributed by atoms with Crippen LogP contribution in [0.2, 0.25) is 0 Å². The van der Waals surface area contributed by atoms with Crippen LogP contribution in [-0.2, 0) is 9.59 Å². The van der Waals surface area contributed by atoms with E-state index in [0.29, 0.717) is 24.7 Å². The second kappa shape index (κ2) is 7.49. The Labute approximate surface area is 197 Å². The third-order valence-electron chi connectivity index (χ3n) is 10.7. The molecule has 0 spiro atoms. The third-order valence-corrected chi connectivity index (χ3v) is 10.7. The summed E-state index contributed by atoms with van der Waals surface area (Å²) in [7, 11) is 0. The first kappa shape index (κ1) is 23.2. The first-order valence-corrected chi connectivity index (χ1v) is 12.4. The van der Waals surface area contributed by atoms with Gasteiger partial charge >= 0.3 is 11.7 Å². The van der Waals surface area contributed by atoms with Gasteiger partial charge in [-0.3, -0.25) is 19.1 Å². The zero-order valence-electron chi connectivity index (χ0n) is 20.0. The number of nitrogens with zero attached hydrogens (tertiary/aromatic N) is 1. The van der Waals surface area contributed by atoms with Crippen LogP contribution in [0.4, 0.5) is 4.39 Å². The molecule has 0 radical (unpaired) electrons. The van der Waals surface area contributed by atoms with Gasteiger partial charge in [-0.2, -0.15) is 4.39 Å². The molecule has 34 heavy (non-hydrogen) atoms. The average molecular weight is 473 g/mol. The average Bonchev–Trinajstić information content (AvgIpc) is 3.03. The van der Waals surface area contributed by atoms with Gasteiger partial charge in [0.05, 0.1) is 6.20 Å². The van der Waals surface area contributed by atoms with Crippen LogP contribution in [0.1, 0.15) is 78.2 Å². The lowest BCUT2D eigenvalue weighted by atomic mass is 9.45. The Morgan fingerprint density at radius 1 is 1.09 bits per heavy atom. The lowest BCUT2D eigenvalue weighted by molar-refractivity contribution is -0.153. The number of aromatic amines is 1. The molecular formula is C26H33FN2O5. The number of rotatable bonds is 3. The third kappa shape index (κ3) is 2.99. The fourth-order valence-corrected chi connectivity index (χ4v) is 8.66. The van der Waals surface area contributed by atoms with E-state index in [4.69, 9.17) is 0 Å². The fraction of sp³-hybridized carbons (Fsp3) is 0.692. The van der Waals surface area contributed by atoms with E-state index >= 15 is 0 Å². The van der Waals surface area contributed by atoms with E-state index in [1.165, 1.54) is 5.57 Å². The first-order valence-electron chi connectivity index (χ1n) is 12.4. The largest absolute Gasteiger partial charge is 0.480 e. The van der Waals surface area contributed by atoms with Crippen molar-refractivity contribution in [3.8, 4) is 0 Å². The second-order valence-electron chi connectivity index (χ2n) is 11.8. The summed E-state index contributed by atoms with van der Waals surface area (Å²) < 4.78 is 15.0. The van der Waals surface area contributed by atoms with E-state index in [1.807, 2.05) is 18.0 Å². The minimum absolute atomic E-state index is 0.0162. The summed E-state index contributed by atoms with van der Waals surface area (Å²) in [5.41, 5.74) is -1.88. The molecule has 4 aliphatic carbocycles. The Balaban J connectivity index is 1.55. The van der Waals surface area contributed by atoms with Gasteiger partial charge in [0.15, 0.2) is 5.78 Å². The van der Waals surface area contributed by atoms with Gasteiger partial charge in [0.2, 0.25) is 5.82 Å². The molecule has 184 valence electrons. The Morgan fingerprint density at radius 3 is 2.50 bits per heavy atom. The quantitative estimate of drug-likeness (QED) is 0.695. The molecule has 3 saturated carbocycles. The molecule has 8 heteroatoms. The number of hydrogen-bond donors (Lipinski definition) is 2. The van der Waals surface area contributed by atoms with E-state index in [1.54, 1.807) is 0 Å². The summed E-state index contributed by atoms with van der Waals surface area (Å²) in [4.78, 5) is 50.8. The van der Waals surface area contributed by atoms with Crippen molar-refractivity contribution in [3.05, 3.63) is 44.5 Å². The minimum atomic E-state index is -1.28. The predicted molar refractivity (Wildman–Crippen MR) is 123 cm³/mol. The van der Waals surface area contributed by atoms with Gasteiger partial charge < -0.3 is 5.11 Å². The van der Waals surface area contributed by atoms with Crippen molar-refractivity contribution < 1.29 is 19.1 Å². The number of aliphatic carboxylic acids is 1. The van der Waals surface area contributed by atoms with Gasteiger partial charge in [0.25, 0.3) is 5.56 Å². The number of carbonyl (C=O) groups is 2. The molecule has 0 amide bonds. The van der Waals surface area contributed by atoms with Crippen molar-refractivity contribution in [1.29, 1.82) is 0 Å². The molecular weight excluding hydrogens is 439 g/mol. The Kier molecular flexibility index (Phi) is 5.12. The molecule has 0 unspecified atom stereocenters. The number of carboxylic acids is 1. The molecule has 5 rings (SSSR count). The van der Waals surface area contributed by atoms with E-state index in [-0.39, 0.29) is 22.5 Å². The van der Waals surface area contributed by atoms with E-state index in [9.17, 15) is 28.7 Å². The van der Waals surface area contributed by atoms with Crippen LogP contribution in [0.3, 0.4) is 0 Å². The van der Waals surface area contributed by atoms with Crippen molar-refractivity contribution in [2.45, 2.75) is 78.2 Å². The molecule has 0 aromatic carbocycles. The van der Waals surface area contributed by atoms with E-state index < -0.39 is 34.5 Å². The summed E-state index contributed by atoms with van der Waals surface area (Å²) in [5.74, 6) is -0.955. The molecule has 3 fully saturated rings. The SMILES string of the molecule is C[C@]12CCC(=O)C=C1CC[C@@H]1[C@@H]2CC[C@@]2(C)[C@H]1CC[C@]2(C)[C@@H](C(=O)O)n1cc(F)c(=O)[nH]c1=O. The molecule has 4 aliphatic rings. The molecule has 2 N–H and O–H groups in total. The first-order chi connectivity index (χ1) is 15.9. The highest BCUT2D eigenvalue weighted by molar-refractivity contribution is 5.91. The summed E-state index contributed by atoms with van der Waals surface area (Å²) in [6.07, 6.45) is 9.21. The highest BCUT2D eigenvalue weighted by Crippen LogP contribution is 2.71. The molecule has 1 heterocycles. The zero-order valence-corrected chi connectivity index (χ0v) is 20.0. The predicted octanol–water partition coefficient (Wildman–Crippen LogP) is 3.84. The molecule has 7 nitrogen and oxygen atoms in total. The Bertz CT molecular complexity index is 1220. The summed E-state index contributed by atoms with van der Waals surface area (Å²) in [5, 5.41) is 10.3. The topological polar surface area (TPSA) is 109 Å². The van der Waals surface area contributed by atoms with Gasteiger partial charge in [0, 0.05) is 11.8 Å². The number of ketones is 1. The maximum atomic E-state index is 14.1.